The highest BCUT2D eigenvalue weighted by Crippen LogP contribution is 2.21. The average molecular weight is 260 g/mol. The molecular weight excluding hydrogens is 243 g/mol. The number of nitrogens with zero attached hydrogens (tertiary/aromatic N) is 2. The van der Waals surface area contributed by atoms with E-state index in [0.29, 0.717) is 17.9 Å². The van der Waals surface area contributed by atoms with Gasteiger partial charge >= 0.3 is 0 Å². The van der Waals surface area contributed by atoms with Crippen molar-refractivity contribution in [3.63, 3.8) is 0 Å². The molecule has 0 bridgehead atoms. The van der Waals surface area contributed by atoms with Gasteiger partial charge in [0.15, 0.2) is 0 Å². The van der Waals surface area contributed by atoms with Crippen LogP contribution in [0.15, 0.2) is 30.6 Å². The summed E-state index contributed by atoms with van der Waals surface area (Å²) < 4.78 is 19.3. The van der Waals surface area contributed by atoms with Crippen molar-refractivity contribution in [1.29, 1.82) is 0 Å². The van der Waals surface area contributed by atoms with E-state index in [1.807, 2.05) is 26.8 Å². The van der Waals surface area contributed by atoms with Gasteiger partial charge in [-0.25, -0.2) is 14.4 Å². The Kier molecular flexibility index (Phi) is 4.10. The van der Waals surface area contributed by atoms with Crippen LogP contribution in [-0.2, 0) is 6.42 Å². The van der Waals surface area contributed by atoms with E-state index < -0.39 is 0 Å². The maximum atomic E-state index is 13.6. The first-order valence-corrected chi connectivity index (χ1v) is 6.28. The second-order valence-corrected chi connectivity index (χ2v) is 4.69. The number of rotatable bonds is 4. The second-order valence-electron chi connectivity index (χ2n) is 4.69. The SMILES string of the molecule is Cc1c(Cc2ccccc2F)ncnc1OC(C)C. The van der Waals surface area contributed by atoms with Crippen LogP contribution < -0.4 is 4.74 Å². The third-order valence-corrected chi connectivity index (χ3v) is 2.81. The lowest BCUT2D eigenvalue weighted by molar-refractivity contribution is 0.230. The van der Waals surface area contributed by atoms with Gasteiger partial charge in [-0.1, -0.05) is 18.2 Å². The molecule has 0 N–H and O–H groups in total. The van der Waals surface area contributed by atoms with Crippen LogP contribution in [-0.4, -0.2) is 16.1 Å². The van der Waals surface area contributed by atoms with Gasteiger partial charge in [-0.3, -0.25) is 0 Å². The van der Waals surface area contributed by atoms with E-state index in [4.69, 9.17) is 4.74 Å². The van der Waals surface area contributed by atoms with Gasteiger partial charge in [0.05, 0.1) is 11.8 Å². The quantitative estimate of drug-likeness (QED) is 0.846. The largest absolute Gasteiger partial charge is 0.475 e. The van der Waals surface area contributed by atoms with E-state index in [2.05, 4.69) is 9.97 Å². The molecule has 0 amide bonds. The molecule has 0 saturated carbocycles. The summed E-state index contributed by atoms with van der Waals surface area (Å²) in [5.74, 6) is 0.350. The second kappa shape index (κ2) is 5.78. The van der Waals surface area contributed by atoms with Gasteiger partial charge in [0.1, 0.15) is 12.1 Å². The van der Waals surface area contributed by atoms with Crippen molar-refractivity contribution in [2.24, 2.45) is 0 Å². The van der Waals surface area contributed by atoms with Crippen molar-refractivity contribution < 1.29 is 9.13 Å². The van der Waals surface area contributed by atoms with Crippen molar-refractivity contribution >= 4 is 0 Å². The monoisotopic (exact) mass is 260 g/mol. The number of ether oxygens (including phenoxy) is 1. The molecule has 0 spiro atoms. The van der Waals surface area contributed by atoms with Gasteiger partial charge in [0.2, 0.25) is 5.88 Å². The van der Waals surface area contributed by atoms with Crippen molar-refractivity contribution in [2.45, 2.75) is 33.3 Å². The predicted molar refractivity (Wildman–Crippen MR) is 71.7 cm³/mol. The fraction of sp³-hybridized carbons (Fsp3) is 0.333. The first-order chi connectivity index (χ1) is 9.08. The van der Waals surface area contributed by atoms with Gasteiger partial charge in [0, 0.05) is 12.0 Å². The summed E-state index contributed by atoms with van der Waals surface area (Å²) in [7, 11) is 0. The minimum atomic E-state index is -0.216. The number of halogens is 1. The van der Waals surface area contributed by atoms with Crippen molar-refractivity contribution in [2.75, 3.05) is 0 Å². The molecule has 19 heavy (non-hydrogen) atoms. The van der Waals surface area contributed by atoms with Crippen molar-refractivity contribution in [1.82, 2.24) is 9.97 Å². The highest BCUT2D eigenvalue weighted by Gasteiger charge is 2.11. The molecule has 0 saturated heterocycles. The van der Waals surface area contributed by atoms with Gasteiger partial charge in [-0.05, 0) is 32.4 Å². The van der Waals surface area contributed by atoms with Crippen LogP contribution in [0.4, 0.5) is 4.39 Å². The molecule has 2 rings (SSSR count). The number of hydrogen-bond acceptors (Lipinski definition) is 3. The van der Waals surface area contributed by atoms with E-state index in [9.17, 15) is 4.39 Å². The lowest BCUT2D eigenvalue weighted by Gasteiger charge is -2.13. The summed E-state index contributed by atoms with van der Waals surface area (Å²) in [5.41, 5.74) is 2.27. The summed E-state index contributed by atoms with van der Waals surface area (Å²) >= 11 is 0. The Hall–Kier alpha value is -1.97. The fourth-order valence-electron chi connectivity index (χ4n) is 1.81. The Morgan fingerprint density at radius 2 is 1.95 bits per heavy atom. The smallest absolute Gasteiger partial charge is 0.219 e. The van der Waals surface area contributed by atoms with Gasteiger partial charge in [-0.2, -0.15) is 0 Å². The Bertz CT molecular complexity index is 570. The zero-order valence-corrected chi connectivity index (χ0v) is 11.4. The van der Waals surface area contributed by atoms with Gasteiger partial charge < -0.3 is 4.74 Å². The highest BCUT2D eigenvalue weighted by atomic mass is 19.1. The van der Waals surface area contributed by atoms with E-state index >= 15 is 0 Å². The van der Waals surface area contributed by atoms with Crippen molar-refractivity contribution in [3.05, 3.63) is 53.2 Å². The third kappa shape index (κ3) is 3.28. The Balaban J connectivity index is 2.28. The Labute approximate surface area is 112 Å². The molecule has 1 aromatic heterocycles. The van der Waals surface area contributed by atoms with E-state index in [0.717, 1.165) is 11.3 Å². The molecule has 0 atom stereocenters. The van der Waals surface area contributed by atoms with Crippen molar-refractivity contribution in [3.8, 4) is 5.88 Å². The minimum absolute atomic E-state index is 0.0508. The van der Waals surface area contributed by atoms with Gasteiger partial charge in [0.25, 0.3) is 0 Å². The van der Waals surface area contributed by atoms with Crippen LogP contribution >= 0.6 is 0 Å². The molecule has 3 nitrogen and oxygen atoms in total. The molecule has 100 valence electrons. The zero-order chi connectivity index (χ0) is 13.8. The van der Waals surface area contributed by atoms with E-state index in [-0.39, 0.29) is 11.9 Å². The summed E-state index contributed by atoms with van der Waals surface area (Å²) in [6.07, 6.45) is 1.95. The van der Waals surface area contributed by atoms with E-state index in [1.54, 1.807) is 12.1 Å². The molecule has 0 aliphatic heterocycles. The Morgan fingerprint density at radius 1 is 1.21 bits per heavy atom. The molecule has 1 aromatic carbocycles. The zero-order valence-electron chi connectivity index (χ0n) is 11.4. The molecule has 0 radical (unpaired) electrons. The maximum Gasteiger partial charge on any atom is 0.219 e. The first kappa shape index (κ1) is 13.5. The minimum Gasteiger partial charge on any atom is -0.475 e. The van der Waals surface area contributed by atoms with Crippen LogP contribution in [0.3, 0.4) is 0 Å². The molecule has 0 unspecified atom stereocenters. The number of hydrogen-bond donors (Lipinski definition) is 0. The number of benzene rings is 1. The van der Waals surface area contributed by atoms with Crippen LogP contribution in [0.5, 0.6) is 5.88 Å². The van der Waals surface area contributed by atoms with Crippen LogP contribution in [0.25, 0.3) is 0 Å². The van der Waals surface area contributed by atoms with Crippen LogP contribution in [0.1, 0.15) is 30.7 Å². The lowest BCUT2D eigenvalue weighted by Crippen LogP contribution is -2.10. The number of aromatic nitrogens is 2. The standard InChI is InChI=1S/C15H17FN2O/c1-10(2)19-15-11(3)14(17-9-18-15)8-12-6-4-5-7-13(12)16/h4-7,9-10H,8H2,1-3H3. The van der Waals surface area contributed by atoms with Gasteiger partial charge in [-0.15, -0.1) is 0 Å². The predicted octanol–water partition coefficient (Wildman–Crippen LogP) is 3.30. The maximum absolute atomic E-state index is 13.6. The van der Waals surface area contributed by atoms with E-state index in [1.165, 1.54) is 12.4 Å². The third-order valence-electron chi connectivity index (χ3n) is 2.81. The van der Waals surface area contributed by atoms with Crippen LogP contribution in [0.2, 0.25) is 0 Å². The molecule has 0 fully saturated rings. The first-order valence-electron chi connectivity index (χ1n) is 6.28. The summed E-state index contributed by atoms with van der Waals surface area (Å²) in [5, 5.41) is 0. The molecule has 0 aliphatic rings. The normalized spacial score (nSPS) is 10.8. The summed E-state index contributed by atoms with van der Waals surface area (Å²) in [6.45, 7) is 5.78. The summed E-state index contributed by atoms with van der Waals surface area (Å²) in [6, 6.07) is 6.72. The fourth-order valence-corrected chi connectivity index (χ4v) is 1.81. The summed E-state index contributed by atoms with van der Waals surface area (Å²) in [4.78, 5) is 8.34. The molecule has 0 aliphatic carbocycles. The highest BCUT2D eigenvalue weighted by molar-refractivity contribution is 5.33. The lowest BCUT2D eigenvalue weighted by atomic mass is 10.1. The van der Waals surface area contributed by atoms with Crippen LogP contribution in [0, 0.1) is 12.7 Å². The average Bonchev–Trinajstić information content (AvgIpc) is 2.36. The Morgan fingerprint density at radius 3 is 2.63 bits per heavy atom. The molecule has 2 aromatic rings. The topological polar surface area (TPSA) is 35.0 Å². The molecular formula is C15H17FN2O. The molecule has 1 heterocycles. The molecule has 4 heteroatoms.